The Balaban J connectivity index is 1.52. The summed E-state index contributed by atoms with van der Waals surface area (Å²) in [5.74, 6) is 2.61. The summed E-state index contributed by atoms with van der Waals surface area (Å²) in [6.07, 6.45) is 9.16. The zero-order chi connectivity index (χ0) is 15.0. The Morgan fingerprint density at radius 2 is 2.24 bits per heavy atom. The zero-order valence-corrected chi connectivity index (χ0v) is 13.9. The van der Waals surface area contributed by atoms with Gasteiger partial charge in [0.25, 0.3) is 0 Å². The normalized spacial score (nSPS) is 30.3. The Bertz CT molecular complexity index is 515. The van der Waals surface area contributed by atoms with Gasteiger partial charge in [-0.2, -0.15) is 0 Å². The summed E-state index contributed by atoms with van der Waals surface area (Å²) in [7, 11) is 1.96. The maximum atomic E-state index is 12.4. The summed E-state index contributed by atoms with van der Waals surface area (Å²) in [6.45, 7) is 4.14. The molecular formula is C16H25N3OS. The fraction of sp³-hybridized carbons (Fsp3) is 0.750. The highest BCUT2D eigenvalue weighted by Gasteiger charge is 2.42. The second-order valence-electron chi connectivity index (χ2n) is 6.72. The van der Waals surface area contributed by atoms with Crippen LogP contribution in [0.5, 0.6) is 0 Å². The van der Waals surface area contributed by atoms with Crippen LogP contribution in [0.25, 0.3) is 0 Å². The quantitative estimate of drug-likeness (QED) is 0.851. The maximum Gasteiger partial charge on any atom is 0.233 e. The van der Waals surface area contributed by atoms with E-state index >= 15 is 0 Å². The summed E-state index contributed by atoms with van der Waals surface area (Å²) >= 11 is 1.52. The number of aromatic nitrogens is 2. The number of hydrogen-bond donors (Lipinski definition) is 1. The summed E-state index contributed by atoms with van der Waals surface area (Å²) in [5, 5.41) is 4.03. The number of imidazole rings is 1. The number of nitrogens with zero attached hydrogens (tertiary/aromatic N) is 2. The lowest BCUT2D eigenvalue weighted by atomic mass is 9.84. The first-order valence-electron chi connectivity index (χ1n) is 7.99. The van der Waals surface area contributed by atoms with Gasteiger partial charge in [0.1, 0.15) is 0 Å². The first-order valence-corrected chi connectivity index (χ1v) is 8.87. The SMILES string of the molecule is C[C@H](Sc1nccn1C)C(=O)N[C@@H](C)[C@H]1C[C@H]2CC[C@H]1C2. The molecule has 2 aliphatic carbocycles. The lowest BCUT2D eigenvalue weighted by molar-refractivity contribution is -0.121. The standard InChI is InChI=1S/C16H25N3OS/c1-10(14-9-12-4-5-13(14)8-12)18-15(20)11(2)21-16-17-6-7-19(16)3/h6-7,10-14H,4-5,8-9H2,1-3H3,(H,18,20)/t10-,11-,12-,13-,14+/m0/s1. The van der Waals surface area contributed by atoms with Crippen molar-refractivity contribution in [2.45, 2.75) is 56.0 Å². The second kappa shape index (κ2) is 6.03. The number of thioether (sulfide) groups is 1. The molecule has 1 amide bonds. The van der Waals surface area contributed by atoms with E-state index in [1.54, 1.807) is 6.20 Å². The maximum absolute atomic E-state index is 12.4. The van der Waals surface area contributed by atoms with Crippen LogP contribution in [0.1, 0.15) is 39.5 Å². The number of aryl methyl sites for hydroxylation is 1. The first kappa shape index (κ1) is 14.9. The van der Waals surface area contributed by atoms with Crippen molar-refractivity contribution in [1.82, 2.24) is 14.9 Å². The lowest BCUT2D eigenvalue weighted by Gasteiger charge is -2.29. The Labute approximate surface area is 131 Å². The van der Waals surface area contributed by atoms with Gasteiger partial charge in [0.15, 0.2) is 5.16 Å². The molecule has 2 bridgehead atoms. The molecule has 1 aromatic heterocycles. The number of amides is 1. The van der Waals surface area contributed by atoms with Crippen LogP contribution in [0.2, 0.25) is 0 Å². The molecule has 1 aromatic rings. The molecule has 2 aliphatic rings. The lowest BCUT2D eigenvalue weighted by Crippen LogP contribution is -2.43. The molecule has 0 saturated heterocycles. The fourth-order valence-corrected chi connectivity index (χ4v) is 4.87. The van der Waals surface area contributed by atoms with Crippen molar-refractivity contribution in [2.75, 3.05) is 0 Å². The molecule has 21 heavy (non-hydrogen) atoms. The van der Waals surface area contributed by atoms with Crippen LogP contribution in [0, 0.1) is 17.8 Å². The first-order chi connectivity index (χ1) is 10.0. The van der Waals surface area contributed by atoms with E-state index in [4.69, 9.17) is 0 Å². The van der Waals surface area contributed by atoms with E-state index in [1.165, 1.54) is 37.4 Å². The fourth-order valence-electron chi connectivity index (χ4n) is 4.03. The molecule has 0 spiro atoms. The minimum atomic E-state index is -0.104. The van der Waals surface area contributed by atoms with Gasteiger partial charge in [0.2, 0.25) is 5.91 Å². The highest BCUT2D eigenvalue weighted by Crippen LogP contribution is 2.49. The Kier molecular flexibility index (Phi) is 4.29. The van der Waals surface area contributed by atoms with Gasteiger partial charge in [-0.1, -0.05) is 18.2 Å². The molecule has 1 heterocycles. The zero-order valence-electron chi connectivity index (χ0n) is 13.1. The van der Waals surface area contributed by atoms with Gasteiger partial charge in [-0.3, -0.25) is 4.79 Å². The van der Waals surface area contributed by atoms with Crippen LogP contribution >= 0.6 is 11.8 Å². The number of hydrogen-bond acceptors (Lipinski definition) is 3. The van der Waals surface area contributed by atoms with E-state index in [0.717, 1.165) is 17.0 Å². The van der Waals surface area contributed by atoms with Crippen molar-refractivity contribution in [3.8, 4) is 0 Å². The molecule has 2 fully saturated rings. The van der Waals surface area contributed by atoms with Crippen molar-refractivity contribution >= 4 is 17.7 Å². The van der Waals surface area contributed by atoms with Crippen molar-refractivity contribution < 1.29 is 4.79 Å². The largest absolute Gasteiger partial charge is 0.352 e. The van der Waals surface area contributed by atoms with Gasteiger partial charge in [0.05, 0.1) is 5.25 Å². The minimum absolute atomic E-state index is 0.104. The summed E-state index contributed by atoms with van der Waals surface area (Å²) in [5.41, 5.74) is 0. The molecule has 0 aliphatic heterocycles. The van der Waals surface area contributed by atoms with E-state index in [1.807, 2.05) is 24.7 Å². The third kappa shape index (κ3) is 3.12. The van der Waals surface area contributed by atoms with E-state index in [0.29, 0.717) is 12.0 Å². The molecule has 0 aromatic carbocycles. The van der Waals surface area contributed by atoms with Crippen LogP contribution in [-0.4, -0.2) is 26.8 Å². The number of nitrogens with one attached hydrogen (secondary N) is 1. The molecule has 0 radical (unpaired) electrons. The smallest absolute Gasteiger partial charge is 0.233 e. The molecule has 1 N–H and O–H groups in total. The van der Waals surface area contributed by atoms with Gasteiger partial charge < -0.3 is 9.88 Å². The monoisotopic (exact) mass is 307 g/mol. The van der Waals surface area contributed by atoms with Gasteiger partial charge in [0, 0.05) is 25.5 Å². The van der Waals surface area contributed by atoms with Crippen molar-refractivity contribution in [3.05, 3.63) is 12.4 Å². The summed E-state index contributed by atoms with van der Waals surface area (Å²) < 4.78 is 1.95. The van der Waals surface area contributed by atoms with Crippen molar-refractivity contribution in [2.24, 2.45) is 24.8 Å². The van der Waals surface area contributed by atoms with Gasteiger partial charge in [-0.05, 0) is 50.9 Å². The topological polar surface area (TPSA) is 46.9 Å². The Hall–Kier alpha value is -0.970. The second-order valence-corrected chi connectivity index (χ2v) is 8.02. The molecule has 2 saturated carbocycles. The van der Waals surface area contributed by atoms with E-state index < -0.39 is 0 Å². The summed E-state index contributed by atoms with van der Waals surface area (Å²) in [6, 6.07) is 0.303. The van der Waals surface area contributed by atoms with Crippen molar-refractivity contribution in [1.29, 1.82) is 0 Å². The van der Waals surface area contributed by atoms with E-state index in [-0.39, 0.29) is 11.2 Å². The van der Waals surface area contributed by atoms with Crippen LogP contribution in [0.4, 0.5) is 0 Å². The average molecular weight is 307 g/mol. The number of rotatable bonds is 5. The number of carbonyl (C=O) groups excluding carboxylic acids is 1. The highest BCUT2D eigenvalue weighted by atomic mass is 32.2. The molecule has 5 atom stereocenters. The van der Waals surface area contributed by atoms with Crippen molar-refractivity contribution in [3.63, 3.8) is 0 Å². The van der Waals surface area contributed by atoms with Crippen LogP contribution in [0.15, 0.2) is 17.6 Å². The van der Waals surface area contributed by atoms with Crippen LogP contribution in [0.3, 0.4) is 0 Å². The molecular weight excluding hydrogens is 282 g/mol. The number of fused-ring (bicyclic) bond motifs is 2. The molecule has 4 nitrogen and oxygen atoms in total. The molecule has 3 rings (SSSR count). The third-order valence-corrected chi connectivity index (χ3v) is 6.41. The Morgan fingerprint density at radius 3 is 2.81 bits per heavy atom. The van der Waals surface area contributed by atoms with Crippen LogP contribution < -0.4 is 5.32 Å². The molecule has 0 unspecified atom stereocenters. The van der Waals surface area contributed by atoms with Gasteiger partial charge in [-0.25, -0.2) is 4.98 Å². The third-order valence-electron chi connectivity index (χ3n) is 5.23. The predicted octanol–water partition coefficient (Wildman–Crippen LogP) is 2.84. The van der Waals surface area contributed by atoms with Crippen LogP contribution in [-0.2, 0) is 11.8 Å². The molecule has 5 heteroatoms. The van der Waals surface area contributed by atoms with E-state index in [9.17, 15) is 4.79 Å². The number of carbonyl (C=O) groups is 1. The predicted molar refractivity (Wildman–Crippen MR) is 85.1 cm³/mol. The molecule has 116 valence electrons. The van der Waals surface area contributed by atoms with E-state index in [2.05, 4.69) is 17.2 Å². The van der Waals surface area contributed by atoms with Gasteiger partial charge >= 0.3 is 0 Å². The highest BCUT2D eigenvalue weighted by molar-refractivity contribution is 8.00. The minimum Gasteiger partial charge on any atom is -0.352 e. The average Bonchev–Trinajstić information content (AvgIpc) is 3.16. The Morgan fingerprint density at radius 1 is 1.43 bits per heavy atom. The van der Waals surface area contributed by atoms with Gasteiger partial charge in [-0.15, -0.1) is 0 Å². The summed E-state index contributed by atoms with van der Waals surface area (Å²) in [4.78, 5) is 16.7.